The number of nitrogens with zero attached hydrogens (tertiary/aromatic N) is 2. The third kappa shape index (κ3) is 2.89. The lowest BCUT2D eigenvalue weighted by Crippen LogP contribution is -2.37. The van der Waals surface area contributed by atoms with Crippen molar-refractivity contribution in [3.8, 4) is 0 Å². The molecule has 0 radical (unpaired) electrons. The van der Waals surface area contributed by atoms with Gasteiger partial charge in [-0.05, 0) is 45.9 Å². The molecule has 3 nitrogen and oxygen atoms in total. The molecule has 1 aliphatic heterocycles. The fraction of sp³-hybridized carbons (Fsp3) is 0.786. The summed E-state index contributed by atoms with van der Waals surface area (Å²) in [6.07, 6.45) is 0.754. The fourth-order valence-electron chi connectivity index (χ4n) is 2.68. The van der Waals surface area contributed by atoms with Gasteiger partial charge >= 0.3 is 0 Å². The van der Waals surface area contributed by atoms with Crippen molar-refractivity contribution in [1.82, 2.24) is 4.90 Å². The number of β-amino-alcohol motifs (C(OH)–C–C–N with tert-alkyl or cyclic N) is 1. The third-order valence-corrected chi connectivity index (χ3v) is 3.67. The van der Waals surface area contributed by atoms with Crippen molar-refractivity contribution in [3.05, 3.63) is 11.4 Å². The van der Waals surface area contributed by atoms with Gasteiger partial charge in [0.05, 0.1) is 5.60 Å². The fourth-order valence-corrected chi connectivity index (χ4v) is 2.68. The van der Waals surface area contributed by atoms with E-state index in [1.807, 2.05) is 6.92 Å². The number of likely N-dealkylation sites (tertiary alicyclic amines) is 1. The lowest BCUT2D eigenvalue weighted by atomic mass is 9.94. The number of hydrogen-bond acceptors (Lipinski definition) is 3. The number of allylic oxidation sites excluding steroid dienone is 1. The second-order valence-electron chi connectivity index (χ2n) is 6.39. The van der Waals surface area contributed by atoms with Gasteiger partial charge in [0.15, 0.2) is 0 Å². The van der Waals surface area contributed by atoms with E-state index in [1.54, 1.807) is 0 Å². The van der Waals surface area contributed by atoms with E-state index in [0.717, 1.165) is 12.2 Å². The van der Waals surface area contributed by atoms with Gasteiger partial charge in [0.2, 0.25) is 0 Å². The van der Waals surface area contributed by atoms with Crippen molar-refractivity contribution in [3.63, 3.8) is 0 Å². The topological polar surface area (TPSA) is 35.8 Å². The molecule has 1 N–H and O–H groups in total. The Labute approximate surface area is 105 Å². The van der Waals surface area contributed by atoms with Gasteiger partial charge in [-0.15, -0.1) is 0 Å². The van der Waals surface area contributed by atoms with Crippen LogP contribution in [0.2, 0.25) is 0 Å². The summed E-state index contributed by atoms with van der Waals surface area (Å²) < 4.78 is 0. The van der Waals surface area contributed by atoms with Crippen LogP contribution in [0.1, 0.15) is 48.0 Å². The minimum atomic E-state index is -0.642. The van der Waals surface area contributed by atoms with Crippen molar-refractivity contribution >= 4 is 6.72 Å². The largest absolute Gasteiger partial charge is 0.388 e. The summed E-state index contributed by atoms with van der Waals surface area (Å²) >= 11 is 0. The first-order chi connectivity index (χ1) is 7.60. The molecule has 0 amide bonds. The first kappa shape index (κ1) is 14.2. The lowest BCUT2D eigenvalue weighted by Gasteiger charge is -2.34. The molecule has 0 saturated carbocycles. The highest BCUT2D eigenvalue weighted by Crippen LogP contribution is 2.39. The normalized spacial score (nSPS) is 29.5. The van der Waals surface area contributed by atoms with Crippen LogP contribution in [0, 0.1) is 5.92 Å². The molecule has 1 aliphatic rings. The van der Waals surface area contributed by atoms with E-state index in [-0.39, 0.29) is 5.54 Å². The number of aliphatic imine (C=N–C) groups is 1. The Morgan fingerprint density at radius 2 is 1.88 bits per heavy atom. The maximum atomic E-state index is 10.2. The predicted octanol–water partition coefficient (Wildman–Crippen LogP) is 2.81. The van der Waals surface area contributed by atoms with Crippen LogP contribution in [0.15, 0.2) is 16.4 Å². The molecular weight excluding hydrogens is 212 g/mol. The summed E-state index contributed by atoms with van der Waals surface area (Å²) in [6.45, 7) is 16.9. The lowest BCUT2D eigenvalue weighted by molar-refractivity contribution is 0.0712. The highest BCUT2D eigenvalue weighted by Gasteiger charge is 2.45. The minimum absolute atomic E-state index is 0.0732. The molecule has 3 heteroatoms. The molecule has 98 valence electrons. The molecule has 0 aromatic rings. The van der Waals surface area contributed by atoms with Gasteiger partial charge in [-0.2, -0.15) is 0 Å². The Morgan fingerprint density at radius 1 is 1.35 bits per heavy atom. The minimum Gasteiger partial charge on any atom is -0.388 e. The van der Waals surface area contributed by atoms with Gasteiger partial charge in [0, 0.05) is 18.5 Å². The third-order valence-electron chi connectivity index (χ3n) is 3.67. The molecule has 1 unspecified atom stereocenters. The van der Waals surface area contributed by atoms with E-state index in [1.165, 1.54) is 5.57 Å². The van der Waals surface area contributed by atoms with Crippen LogP contribution < -0.4 is 0 Å². The Balaban J connectivity index is 3.15. The second kappa shape index (κ2) is 4.45. The number of rotatable bonds is 3. The van der Waals surface area contributed by atoms with Gasteiger partial charge in [0.25, 0.3) is 0 Å². The summed E-state index contributed by atoms with van der Waals surface area (Å²) in [7, 11) is 0. The summed E-state index contributed by atoms with van der Waals surface area (Å²) in [5.41, 5.74) is 0.512. The molecular formula is C14H26N2O. The Hall–Kier alpha value is -0.830. The summed E-state index contributed by atoms with van der Waals surface area (Å²) in [4.78, 5) is 6.39. The average Bonchev–Trinajstić information content (AvgIpc) is 2.35. The van der Waals surface area contributed by atoms with E-state index in [2.05, 4.69) is 51.2 Å². The molecule has 1 fully saturated rings. The Morgan fingerprint density at radius 3 is 2.18 bits per heavy atom. The summed E-state index contributed by atoms with van der Waals surface area (Å²) in [6, 6.07) is 0. The quantitative estimate of drug-likeness (QED) is 0.767. The van der Waals surface area contributed by atoms with Crippen LogP contribution in [0.25, 0.3) is 0 Å². The van der Waals surface area contributed by atoms with Crippen LogP contribution in [-0.4, -0.2) is 34.4 Å². The van der Waals surface area contributed by atoms with Crippen LogP contribution in [0.3, 0.4) is 0 Å². The van der Waals surface area contributed by atoms with Gasteiger partial charge < -0.3 is 10.0 Å². The van der Waals surface area contributed by atoms with Crippen molar-refractivity contribution < 1.29 is 5.11 Å². The summed E-state index contributed by atoms with van der Waals surface area (Å²) in [5.74, 6) is 1.37. The van der Waals surface area contributed by atoms with E-state index in [0.29, 0.717) is 12.5 Å². The van der Waals surface area contributed by atoms with Gasteiger partial charge in [0.1, 0.15) is 5.82 Å². The van der Waals surface area contributed by atoms with Gasteiger partial charge in [-0.1, -0.05) is 13.8 Å². The van der Waals surface area contributed by atoms with Crippen LogP contribution in [0.5, 0.6) is 0 Å². The van der Waals surface area contributed by atoms with E-state index >= 15 is 0 Å². The molecule has 0 spiro atoms. The Bertz CT molecular complexity index is 340. The number of hydrogen-bond donors (Lipinski definition) is 1. The van der Waals surface area contributed by atoms with Crippen molar-refractivity contribution in [2.75, 3.05) is 6.54 Å². The first-order valence-corrected chi connectivity index (χ1v) is 6.28. The molecule has 17 heavy (non-hydrogen) atoms. The van der Waals surface area contributed by atoms with E-state index in [9.17, 15) is 5.11 Å². The zero-order chi connectivity index (χ0) is 13.4. The predicted molar refractivity (Wildman–Crippen MR) is 73.1 cm³/mol. The maximum absolute atomic E-state index is 10.2. The van der Waals surface area contributed by atoms with E-state index in [4.69, 9.17) is 0 Å². The number of aliphatic hydroxyl groups is 1. The zero-order valence-electron chi connectivity index (χ0n) is 12.0. The second-order valence-corrected chi connectivity index (χ2v) is 6.39. The van der Waals surface area contributed by atoms with Gasteiger partial charge in [-0.3, -0.25) is 0 Å². The molecule has 0 aliphatic carbocycles. The van der Waals surface area contributed by atoms with Crippen LogP contribution >= 0.6 is 0 Å². The van der Waals surface area contributed by atoms with Gasteiger partial charge in [-0.25, -0.2) is 4.99 Å². The first-order valence-electron chi connectivity index (χ1n) is 6.28. The highest BCUT2D eigenvalue weighted by molar-refractivity contribution is 5.32. The average molecular weight is 238 g/mol. The summed E-state index contributed by atoms with van der Waals surface area (Å²) in [5, 5.41) is 10.2. The molecule has 1 atom stereocenters. The van der Waals surface area contributed by atoms with Crippen molar-refractivity contribution in [2.24, 2.45) is 10.9 Å². The molecule has 0 aromatic carbocycles. The van der Waals surface area contributed by atoms with Crippen LogP contribution in [0.4, 0.5) is 0 Å². The Kier molecular flexibility index (Phi) is 3.72. The molecule has 0 bridgehead atoms. The van der Waals surface area contributed by atoms with Crippen molar-refractivity contribution in [1.29, 1.82) is 0 Å². The van der Waals surface area contributed by atoms with Crippen molar-refractivity contribution in [2.45, 2.75) is 59.1 Å². The standard InChI is InChI=1S/C14H26N2O/c1-10(2)11(3)12(15-7)16-9-14(6,17)8-13(16,4)5/h10,17H,7-9H2,1-6H3/b12-11-. The molecule has 1 saturated heterocycles. The highest BCUT2D eigenvalue weighted by atomic mass is 16.3. The van der Waals surface area contributed by atoms with Crippen LogP contribution in [-0.2, 0) is 0 Å². The zero-order valence-corrected chi connectivity index (χ0v) is 12.0. The molecule has 0 aromatic heterocycles. The smallest absolute Gasteiger partial charge is 0.127 e. The SMILES string of the molecule is C=N/C(=C(\C)C(C)C)N1CC(C)(O)CC1(C)C. The molecule has 1 rings (SSSR count). The monoisotopic (exact) mass is 238 g/mol. The molecule has 1 heterocycles. The maximum Gasteiger partial charge on any atom is 0.127 e. The van der Waals surface area contributed by atoms with E-state index < -0.39 is 5.60 Å².